The minimum absolute atomic E-state index is 0. The van der Waals surface area contributed by atoms with Crippen LogP contribution in [0.15, 0.2) is 23.1 Å². The van der Waals surface area contributed by atoms with Gasteiger partial charge in [-0.1, -0.05) is 39.8 Å². The maximum Gasteiger partial charge on any atom is 0.00775 e. The molecular weight excluding hydrogens is 233 g/mol. The van der Waals surface area contributed by atoms with Crippen LogP contribution < -0.4 is 0 Å². The van der Waals surface area contributed by atoms with Gasteiger partial charge in [-0.15, -0.1) is 12.6 Å². The third kappa shape index (κ3) is 4.47. The molecule has 0 atom stereocenters. The molecule has 16 heavy (non-hydrogen) atoms. The summed E-state index contributed by atoms with van der Waals surface area (Å²) in [7, 11) is 0. The number of thiol groups is 1. The van der Waals surface area contributed by atoms with E-state index in [4.69, 9.17) is 0 Å². The molecule has 0 heterocycles. The monoisotopic (exact) mass is 254 g/mol. The molecule has 0 aromatic heterocycles. The topological polar surface area (TPSA) is 0 Å². The second kappa shape index (κ2) is 8.50. The molecule has 1 rings (SSSR count). The third-order valence-corrected chi connectivity index (χ3v) is 2.71. The minimum atomic E-state index is 0. The van der Waals surface area contributed by atoms with E-state index >= 15 is 0 Å². The fraction of sp³-hybridized carbons (Fsp3) is 0.500. The summed E-state index contributed by atoms with van der Waals surface area (Å²) in [6, 6.07) is 6.37. The van der Waals surface area contributed by atoms with E-state index in [1.165, 1.54) is 11.1 Å². The number of halogens is 3. The van der Waals surface area contributed by atoms with E-state index in [0.29, 0.717) is 11.8 Å². The molecule has 0 bridgehead atoms. The van der Waals surface area contributed by atoms with Crippen LogP contribution in [-0.2, 0) is 0 Å². The average molecular weight is 254 g/mol. The van der Waals surface area contributed by atoms with E-state index in [1.54, 1.807) is 0 Å². The molecule has 0 amide bonds. The normalized spacial score (nSPS) is 9.19. The first-order valence-electron chi connectivity index (χ1n) is 4.85. The van der Waals surface area contributed by atoms with Gasteiger partial charge in [0.05, 0.1) is 0 Å². The van der Waals surface area contributed by atoms with Crippen molar-refractivity contribution in [2.24, 2.45) is 0 Å². The second-order valence-corrected chi connectivity index (χ2v) is 4.57. The van der Waals surface area contributed by atoms with Crippen molar-refractivity contribution < 1.29 is 14.1 Å². The summed E-state index contributed by atoms with van der Waals surface area (Å²) < 4.78 is 0. The lowest BCUT2D eigenvalue weighted by atomic mass is 9.91. The van der Waals surface area contributed by atoms with Gasteiger partial charge >= 0.3 is 0 Å². The molecule has 0 aliphatic heterocycles. The van der Waals surface area contributed by atoms with Crippen LogP contribution in [0.4, 0.5) is 14.1 Å². The summed E-state index contributed by atoms with van der Waals surface area (Å²) in [5.74, 6) is 1.15. The molecule has 0 aliphatic rings. The van der Waals surface area contributed by atoms with Gasteiger partial charge in [0.2, 0.25) is 0 Å². The third-order valence-electron chi connectivity index (χ3n) is 2.32. The zero-order valence-electron chi connectivity index (χ0n) is 10.1. The van der Waals surface area contributed by atoms with E-state index in [9.17, 15) is 0 Å². The minimum Gasteiger partial charge on any atom is -0.269 e. The van der Waals surface area contributed by atoms with Crippen LogP contribution in [-0.4, -0.2) is 0 Å². The molecule has 0 N–H and O–H groups in total. The summed E-state index contributed by atoms with van der Waals surface area (Å²) in [6.07, 6.45) is 0. The van der Waals surface area contributed by atoms with Crippen molar-refractivity contribution in [3.8, 4) is 0 Å². The highest BCUT2D eigenvalue weighted by Gasteiger charge is 2.11. The summed E-state index contributed by atoms with van der Waals surface area (Å²) >= 11 is 4.50. The highest BCUT2D eigenvalue weighted by molar-refractivity contribution is 7.80. The first kappa shape index (κ1) is 20.7. The van der Waals surface area contributed by atoms with Gasteiger partial charge in [0.25, 0.3) is 0 Å². The van der Waals surface area contributed by atoms with Crippen LogP contribution in [0, 0.1) is 0 Å². The lowest BCUT2D eigenvalue weighted by Crippen LogP contribution is -1.99. The highest BCUT2D eigenvalue weighted by atomic mass is 32.1. The number of benzene rings is 1. The van der Waals surface area contributed by atoms with Crippen molar-refractivity contribution in [2.75, 3.05) is 0 Å². The molecule has 1 aromatic carbocycles. The van der Waals surface area contributed by atoms with Crippen LogP contribution in [0.1, 0.15) is 50.7 Å². The quantitative estimate of drug-likeness (QED) is 0.728. The van der Waals surface area contributed by atoms with Crippen molar-refractivity contribution in [1.82, 2.24) is 0 Å². The van der Waals surface area contributed by atoms with Gasteiger partial charge < -0.3 is 0 Å². The van der Waals surface area contributed by atoms with Gasteiger partial charge in [-0.3, -0.25) is 14.1 Å². The summed E-state index contributed by atoms with van der Waals surface area (Å²) in [5, 5.41) is 0. The molecule has 0 saturated carbocycles. The Bertz CT molecular complexity index is 298. The van der Waals surface area contributed by atoms with E-state index < -0.39 is 0 Å². The van der Waals surface area contributed by atoms with Crippen molar-refractivity contribution in [1.29, 1.82) is 0 Å². The van der Waals surface area contributed by atoms with Crippen LogP contribution in [0.25, 0.3) is 0 Å². The largest absolute Gasteiger partial charge is 0.269 e. The summed E-state index contributed by atoms with van der Waals surface area (Å²) in [5.41, 5.74) is 2.84. The van der Waals surface area contributed by atoms with Gasteiger partial charge in [-0.25, -0.2) is 0 Å². The Kier molecular flexibility index (Phi) is 11.0. The first-order chi connectivity index (χ1) is 6.04. The molecule has 4 heteroatoms. The lowest BCUT2D eigenvalue weighted by molar-refractivity contribution is 0.773. The zero-order chi connectivity index (χ0) is 10.0. The molecule has 0 spiro atoms. The van der Waals surface area contributed by atoms with E-state index in [-0.39, 0.29) is 14.1 Å². The maximum atomic E-state index is 4.50. The summed E-state index contributed by atoms with van der Waals surface area (Å²) in [4.78, 5) is 1.13. The SMILES string of the molecule is CC(C)c1cccc(S)c1C(C)C.F.F.F. The molecule has 0 unspecified atom stereocenters. The highest BCUT2D eigenvalue weighted by Crippen LogP contribution is 2.30. The van der Waals surface area contributed by atoms with Crippen molar-refractivity contribution >= 4 is 12.6 Å². The summed E-state index contributed by atoms with van der Waals surface area (Å²) in [6.45, 7) is 8.91. The maximum absolute atomic E-state index is 4.50. The molecule has 0 aliphatic carbocycles. The molecule has 0 radical (unpaired) electrons. The molecule has 0 fully saturated rings. The lowest BCUT2D eigenvalue weighted by Gasteiger charge is -2.17. The van der Waals surface area contributed by atoms with Crippen molar-refractivity contribution in [3.05, 3.63) is 29.3 Å². The smallest absolute Gasteiger partial charge is 0.00775 e. The zero-order valence-corrected chi connectivity index (χ0v) is 11.0. The van der Waals surface area contributed by atoms with Crippen LogP contribution >= 0.6 is 12.6 Å². The van der Waals surface area contributed by atoms with Crippen LogP contribution in [0.2, 0.25) is 0 Å². The van der Waals surface area contributed by atoms with Crippen LogP contribution in [0.3, 0.4) is 0 Å². The molecule has 0 saturated heterocycles. The molecular formula is C12H21F3S. The van der Waals surface area contributed by atoms with Crippen molar-refractivity contribution in [3.63, 3.8) is 0 Å². The number of hydrogen-bond acceptors (Lipinski definition) is 1. The van der Waals surface area contributed by atoms with Crippen LogP contribution in [0.5, 0.6) is 0 Å². The predicted molar refractivity (Wildman–Crippen MR) is 69.4 cm³/mol. The number of hydrogen-bond donors (Lipinski definition) is 1. The van der Waals surface area contributed by atoms with E-state index in [2.05, 4.69) is 58.5 Å². The first-order valence-corrected chi connectivity index (χ1v) is 5.30. The van der Waals surface area contributed by atoms with Gasteiger partial charge in [0.15, 0.2) is 0 Å². The fourth-order valence-electron chi connectivity index (χ4n) is 1.70. The molecule has 1 aromatic rings. The molecule has 0 nitrogen and oxygen atoms in total. The molecule has 96 valence electrons. The Morgan fingerprint density at radius 1 is 0.875 bits per heavy atom. The Morgan fingerprint density at radius 3 is 1.69 bits per heavy atom. The Hall–Kier alpha value is -0.640. The fourth-order valence-corrected chi connectivity index (χ4v) is 2.18. The van der Waals surface area contributed by atoms with Gasteiger partial charge in [0.1, 0.15) is 0 Å². The standard InChI is InChI=1S/C12H18S.3FH/c1-8(2)10-6-5-7-11(13)12(10)9(3)4;;;/h5-9,13H,1-4H3;3*1H. The second-order valence-electron chi connectivity index (χ2n) is 4.09. The van der Waals surface area contributed by atoms with E-state index in [1.807, 2.05) is 0 Å². The predicted octanol–water partition coefficient (Wildman–Crippen LogP) is 4.68. The van der Waals surface area contributed by atoms with E-state index in [0.717, 1.165) is 4.90 Å². The van der Waals surface area contributed by atoms with Gasteiger partial charge in [0, 0.05) is 4.90 Å². The van der Waals surface area contributed by atoms with Crippen molar-refractivity contribution in [2.45, 2.75) is 44.4 Å². The van der Waals surface area contributed by atoms with Gasteiger partial charge in [-0.05, 0) is 29.0 Å². The van der Waals surface area contributed by atoms with Gasteiger partial charge in [-0.2, -0.15) is 0 Å². The Balaban J connectivity index is -0.000000563. The Morgan fingerprint density at radius 2 is 1.38 bits per heavy atom. The number of rotatable bonds is 2. The average Bonchev–Trinajstić information content (AvgIpc) is 2.02. The Labute approximate surface area is 101 Å².